The quantitative estimate of drug-likeness (QED) is 0.811. The minimum Gasteiger partial charge on any atom is -0.480 e. The van der Waals surface area contributed by atoms with E-state index in [1.807, 2.05) is 32.0 Å². The van der Waals surface area contributed by atoms with Gasteiger partial charge in [-0.25, -0.2) is 8.42 Å². The Bertz CT molecular complexity index is 900. The molecule has 0 atom stereocenters. The minimum atomic E-state index is -3.72. The Labute approximate surface area is 146 Å². The highest BCUT2D eigenvalue weighted by atomic mass is 32.2. The summed E-state index contributed by atoms with van der Waals surface area (Å²) in [5.74, 6) is -1.07. The first kappa shape index (κ1) is 17.6. The molecule has 1 saturated carbocycles. The van der Waals surface area contributed by atoms with Crippen LogP contribution in [0.1, 0.15) is 29.5 Å². The summed E-state index contributed by atoms with van der Waals surface area (Å²) >= 11 is 0. The average Bonchev–Trinajstić information content (AvgIpc) is 3.26. The van der Waals surface area contributed by atoms with Gasteiger partial charge in [0.1, 0.15) is 11.4 Å². The standard InChI is InChI=1S/C17H21N3O4S/c1-12-3-4-14(7-13(12)2)9-20(15-5-6-15)25(23,24)16-8-18-19(10-16)11-17(21)22/h3-4,7-8,10,15H,5-6,9,11H2,1-2H3,(H,21,22). The van der Waals surface area contributed by atoms with Crippen LogP contribution in [0.15, 0.2) is 35.5 Å². The van der Waals surface area contributed by atoms with Gasteiger partial charge >= 0.3 is 5.97 Å². The van der Waals surface area contributed by atoms with E-state index in [1.54, 1.807) is 0 Å². The highest BCUT2D eigenvalue weighted by molar-refractivity contribution is 7.89. The normalized spacial score (nSPS) is 14.8. The van der Waals surface area contributed by atoms with Gasteiger partial charge < -0.3 is 5.11 Å². The number of hydrogen-bond acceptors (Lipinski definition) is 4. The van der Waals surface area contributed by atoms with Gasteiger partial charge in [-0.05, 0) is 43.4 Å². The Kier molecular flexibility index (Phi) is 4.66. The summed E-state index contributed by atoms with van der Waals surface area (Å²) in [4.78, 5) is 10.8. The number of carboxylic acid groups (broad SMARTS) is 1. The lowest BCUT2D eigenvalue weighted by atomic mass is 10.1. The second-order valence-corrected chi connectivity index (χ2v) is 8.36. The van der Waals surface area contributed by atoms with Crippen LogP contribution >= 0.6 is 0 Å². The van der Waals surface area contributed by atoms with E-state index in [-0.39, 0.29) is 17.5 Å². The molecule has 0 radical (unpaired) electrons. The molecule has 2 aromatic rings. The molecule has 1 aromatic heterocycles. The van der Waals surface area contributed by atoms with Crippen LogP contribution in [0.5, 0.6) is 0 Å². The van der Waals surface area contributed by atoms with Crippen molar-refractivity contribution in [2.45, 2.75) is 50.7 Å². The number of carbonyl (C=O) groups is 1. The Balaban J connectivity index is 1.87. The maximum atomic E-state index is 13.0. The molecule has 0 saturated heterocycles. The van der Waals surface area contributed by atoms with E-state index in [9.17, 15) is 13.2 Å². The predicted molar refractivity (Wildman–Crippen MR) is 91.5 cm³/mol. The number of nitrogens with zero attached hydrogens (tertiary/aromatic N) is 3. The lowest BCUT2D eigenvalue weighted by molar-refractivity contribution is -0.137. The van der Waals surface area contributed by atoms with Crippen molar-refractivity contribution in [2.24, 2.45) is 0 Å². The summed E-state index contributed by atoms with van der Waals surface area (Å²) in [5.41, 5.74) is 3.23. The minimum absolute atomic E-state index is 0.00515. The number of rotatable bonds is 7. The summed E-state index contributed by atoms with van der Waals surface area (Å²) in [6.07, 6.45) is 4.17. The van der Waals surface area contributed by atoms with Crippen molar-refractivity contribution in [3.8, 4) is 0 Å². The summed E-state index contributed by atoms with van der Waals surface area (Å²) in [7, 11) is -3.72. The van der Waals surface area contributed by atoms with Crippen LogP contribution in [0.3, 0.4) is 0 Å². The van der Waals surface area contributed by atoms with Gasteiger partial charge in [-0.15, -0.1) is 0 Å². The van der Waals surface area contributed by atoms with Crippen LogP contribution in [0.25, 0.3) is 0 Å². The first-order valence-electron chi connectivity index (χ1n) is 8.09. The van der Waals surface area contributed by atoms with Gasteiger partial charge in [0.05, 0.1) is 6.20 Å². The zero-order valence-corrected chi connectivity index (χ0v) is 15.0. The molecule has 3 rings (SSSR count). The lowest BCUT2D eigenvalue weighted by Gasteiger charge is -2.21. The SMILES string of the molecule is Cc1ccc(CN(C2CC2)S(=O)(=O)c2cnn(CC(=O)O)c2)cc1C. The average molecular weight is 363 g/mol. The van der Waals surface area contributed by atoms with Gasteiger partial charge in [0.15, 0.2) is 0 Å². The van der Waals surface area contributed by atoms with Crippen LogP contribution in [-0.4, -0.2) is 39.6 Å². The van der Waals surface area contributed by atoms with E-state index in [4.69, 9.17) is 5.11 Å². The number of hydrogen-bond donors (Lipinski definition) is 1. The van der Waals surface area contributed by atoms with Crippen LogP contribution in [-0.2, 0) is 27.9 Å². The van der Waals surface area contributed by atoms with Crippen molar-refractivity contribution < 1.29 is 18.3 Å². The van der Waals surface area contributed by atoms with Crippen molar-refractivity contribution in [1.29, 1.82) is 0 Å². The molecule has 1 aliphatic carbocycles. The molecule has 0 aliphatic heterocycles. The molecule has 25 heavy (non-hydrogen) atoms. The van der Waals surface area contributed by atoms with Crippen LogP contribution in [0.4, 0.5) is 0 Å². The summed E-state index contributed by atoms with van der Waals surface area (Å²) in [5, 5.41) is 12.7. The second-order valence-electron chi connectivity index (χ2n) is 6.47. The Morgan fingerprint density at radius 3 is 2.64 bits per heavy atom. The number of carboxylic acids is 1. The first-order chi connectivity index (χ1) is 11.8. The number of benzene rings is 1. The van der Waals surface area contributed by atoms with Crippen LogP contribution < -0.4 is 0 Å². The number of aliphatic carboxylic acids is 1. The van der Waals surface area contributed by atoms with E-state index in [2.05, 4.69) is 5.10 Å². The molecule has 1 aromatic carbocycles. The molecule has 1 fully saturated rings. The smallest absolute Gasteiger partial charge is 0.325 e. The molecular weight excluding hydrogens is 342 g/mol. The van der Waals surface area contributed by atoms with Crippen LogP contribution in [0, 0.1) is 13.8 Å². The molecule has 1 N–H and O–H groups in total. The molecule has 134 valence electrons. The number of aromatic nitrogens is 2. The Hall–Kier alpha value is -2.19. The van der Waals surface area contributed by atoms with Crippen molar-refractivity contribution in [1.82, 2.24) is 14.1 Å². The highest BCUT2D eigenvalue weighted by Crippen LogP contribution is 2.33. The molecule has 0 bridgehead atoms. The van der Waals surface area contributed by atoms with Crippen molar-refractivity contribution >= 4 is 16.0 Å². The van der Waals surface area contributed by atoms with Gasteiger partial charge in [-0.3, -0.25) is 9.48 Å². The third-order valence-corrected chi connectivity index (χ3v) is 6.23. The molecule has 0 spiro atoms. The monoisotopic (exact) mass is 363 g/mol. The van der Waals surface area contributed by atoms with E-state index in [1.165, 1.54) is 22.3 Å². The zero-order chi connectivity index (χ0) is 18.2. The number of aryl methyl sites for hydroxylation is 2. The van der Waals surface area contributed by atoms with Gasteiger partial charge in [0, 0.05) is 18.8 Å². The van der Waals surface area contributed by atoms with E-state index < -0.39 is 16.0 Å². The van der Waals surface area contributed by atoms with Crippen molar-refractivity contribution in [2.75, 3.05) is 0 Å². The van der Waals surface area contributed by atoms with Crippen molar-refractivity contribution in [3.05, 3.63) is 47.3 Å². The lowest BCUT2D eigenvalue weighted by Crippen LogP contribution is -2.32. The van der Waals surface area contributed by atoms with Crippen molar-refractivity contribution in [3.63, 3.8) is 0 Å². The van der Waals surface area contributed by atoms with Gasteiger partial charge in [-0.1, -0.05) is 18.2 Å². The molecule has 8 heteroatoms. The summed E-state index contributed by atoms with van der Waals surface area (Å²) in [6, 6.07) is 5.94. The fourth-order valence-corrected chi connectivity index (χ4v) is 4.32. The molecule has 0 unspecified atom stereocenters. The van der Waals surface area contributed by atoms with E-state index >= 15 is 0 Å². The molecule has 7 nitrogen and oxygen atoms in total. The molecule has 0 amide bonds. The van der Waals surface area contributed by atoms with Crippen LogP contribution in [0.2, 0.25) is 0 Å². The third kappa shape index (κ3) is 3.91. The molecular formula is C17H21N3O4S. The van der Waals surface area contributed by atoms with E-state index in [0.717, 1.165) is 28.7 Å². The molecule has 1 heterocycles. The van der Waals surface area contributed by atoms with Gasteiger partial charge in [0.25, 0.3) is 0 Å². The predicted octanol–water partition coefficient (Wildman–Crippen LogP) is 1.94. The number of sulfonamides is 1. The fourth-order valence-electron chi connectivity index (χ4n) is 2.69. The fraction of sp³-hybridized carbons (Fsp3) is 0.412. The zero-order valence-electron chi connectivity index (χ0n) is 14.2. The maximum Gasteiger partial charge on any atom is 0.325 e. The Morgan fingerprint density at radius 1 is 1.32 bits per heavy atom. The molecule has 1 aliphatic rings. The Morgan fingerprint density at radius 2 is 2.04 bits per heavy atom. The topological polar surface area (TPSA) is 92.5 Å². The first-order valence-corrected chi connectivity index (χ1v) is 9.53. The third-order valence-electron chi connectivity index (χ3n) is 4.38. The van der Waals surface area contributed by atoms with E-state index in [0.29, 0.717) is 6.54 Å². The summed E-state index contributed by atoms with van der Waals surface area (Å²) < 4.78 is 28.6. The van der Waals surface area contributed by atoms with Gasteiger partial charge in [-0.2, -0.15) is 9.40 Å². The largest absolute Gasteiger partial charge is 0.480 e. The van der Waals surface area contributed by atoms with Gasteiger partial charge in [0.2, 0.25) is 10.0 Å². The maximum absolute atomic E-state index is 13.0. The second kappa shape index (κ2) is 6.61. The highest BCUT2D eigenvalue weighted by Gasteiger charge is 2.38. The summed E-state index contributed by atoms with van der Waals surface area (Å²) in [6.45, 7) is 3.96.